The standard InChI is InChI=1S/C22H19FN6O2S/c23-15-10-14(19(24)30)21(27-13-6-7-16-18(9-13)32-11-26-16)29-22(15)28-17(20(25)31)8-12-4-2-1-3-5-12/h1-7,9-11,17H,8H2,(H2,24,30)(H2,25,31)(H2,27,28,29)/t17-/m1/s1. The molecule has 0 unspecified atom stereocenters. The van der Waals surface area contributed by atoms with Crippen molar-refractivity contribution in [3.05, 3.63) is 77.1 Å². The molecule has 0 aliphatic carbocycles. The van der Waals surface area contributed by atoms with Gasteiger partial charge < -0.3 is 22.1 Å². The Balaban J connectivity index is 1.66. The van der Waals surface area contributed by atoms with Crippen LogP contribution < -0.4 is 22.1 Å². The lowest BCUT2D eigenvalue weighted by molar-refractivity contribution is -0.118. The number of nitrogens with one attached hydrogen (secondary N) is 2. The number of amides is 2. The Morgan fingerprint density at radius 1 is 1.06 bits per heavy atom. The number of fused-ring (bicyclic) bond motifs is 1. The Kier molecular flexibility index (Phi) is 5.95. The first kappa shape index (κ1) is 21.2. The molecule has 8 nitrogen and oxygen atoms in total. The van der Waals surface area contributed by atoms with Gasteiger partial charge in [0.1, 0.15) is 11.9 Å². The van der Waals surface area contributed by atoms with Gasteiger partial charge in [-0.25, -0.2) is 14.4 Å². The summed E-state index contributed by atoms with van der Waals surface area (Å²) in [5.74, 6) is -2.52. The SMILES string of the molecule is NC(=O)c1cc(F)c(N[C@H](Cc2ccccc2)C(N)=O)nc1Nc1ccc2ncsc2c1. The van der Waals surface area contributed by atoms with Crippen molar-refractivity contribution in [3.8, 4) is 0 Å². The normalized spacial score (nSPS) is 11.8. The lowest BCUT2D eigenvalue weighted by atomic mass is 10.1. The molecule has 6 N–H and O–H groups in total. The molecule has 4 rings (SSSR count). The van der Waals surface area contributed by atoms with Crippen molar-refractivity contribution in [1.82, 2.24) is 9.97 Å². The van der Waals surface area contributed by atoms with E-state index in [1.54, 1.807) is 11.6 Å². The van der Waals surface area contributed by atoms with Crippen LogP contribution in [-0.2, 0) is 11.2 Å². The summed E-state index contributed by atoms with van der Waals surface area (Å²) in [6.07, 6.45) is 0.236. The molecule has 0 aliphatic rings. The number of benzene rings is 2. The Morgan fingerprint density at radius 2 is 1.84 bits per heavy atom. The third kappa shape index (κ3) is 4.65. The predicted molar refractivity (Wildman–Crippen MR) is 122 cm³/mol. The lowest BCUT2D eigenvalue weighted by Crippen LogP contribution is -2.38. The highest BCUT2D eigenvalue weighted by molar-refractivity contribution is 7.16. The van der Waals surface area contributed by atoms with Crippen LogP contribution in [0.2, 0.25) is 0 Å². The second-order valence-corrected chi connectivity index (χ2v) is 7.91. The Hall–Kier alpha value is -4.05. The molecule has 2 heterocycles. The maximum Gasteiger partial charge on any atom is 0.252 e. The summed E-state index contributed by atoms with van der Waals surface area (Å²) < 4.78 is 15.7. The molecule has 10 heteroatoms. The topological polar surface area (TPSA) is 136 Å². The third-order valence-corrected chi connectivity index (χ3v) is 5.56. The number of hydrogen-bond donors (Lipinski definition) is 4. The van der Waals surface area contributed by atoms with E-state index >= 15 is 0 Å². The number of aromatic nitrogens is 2. The zero-order chi connectivity index (χ0) is 22.7. The first-order valence-electron chi connectivity index (χ1n) is 9.61. The smallest absolute Gasteiger partial charge is 0.252 e. The number of primary amides is 2. The summed E-state index contributed by atoms with van der Waals surface area (Å²) in [4.78, 5) is 32.3. The summed E-state index contributed by atoms with van der Waals surface area (Å²) in [6, 6.07) is 14.6. The highest BCUT2D eigenvalue weighted by Gasteiger charge is 2.21. The molecule has 2 aromatic carbocycles. The van der Waals surface area contributed by atoms with Crippen LogP contribution in [0.4, 0.5) is 21.7 Å². The van der Waals surface area contributed by atoms with E-state index in [2.05, 4.69) is 20.6 Å². The van der Waals surface area contributed by atoms with Gasteiger partial charge in [0.25, 0.3) is 5.91 Å². The van der Waals surface area contributed by atoms with Gasteiger partial charge >= 0.3 is 0 Å². The van der Waals surface area contributed by atoms with E-state index in [1.165, 1.54) is 11.3 Å². The van der Waals surface area contributed by atoms with Gasteiger partial charge in [0.2, 0.25) is 5.91 Å². The maximum absolute atomic E-state index is 14.7. The van der Waals surface area contributed by atoms with Crippen LogP contribution in [0.1, 0.15) is 15.9 Å². The molecule has 1 atom stereocenters. The Bertz CT molecular complexity index is 1290. The highest BCUT2D eigenvalue weighted by Crippen LogP contribution is 2.27. The summed E-state index contributed by atoms with van der Waals surface area (Å²) in [5.41, 5.74) is 14.8. The fourth-order valence-electron chi connectivity index (χ4n) is 3.18. The van der Waals surface area contributed by atoms with Gasteiger partial charge in [-0.05, 0) is 29.8 Å². The molecule has 0 aliphatic heterocycles. The highest BCUT2D eigenvalue weighted by atomic mass is 32.1. The van der Waals surface area contributed by atoms with Crippen LogP contribution in [0.25, 0.3) is 10.2 Å². The zero-order valence-corrected chi connectivity index (χ0v) is 17.5. The van der Waals surface area contributed by atoms with E-state index in [1.807, 2.05) is 42.5 Å². The van der Waals surface area contributed by atoms with Gasteiger partial charge in [-0.3, -0.25) is 9.59 Å². The minimum absolute atomic E-state index is 0.0493. The van der Waals surface area contributed by atoms with E-state index in [0.29, 0.717) is 5.69 Å². The minimum atomic E-state index is -0.916. The van der Waals surface area contributed by atoms with E-state index in [0.717, 1.165) is 21.8 Å². The molecule has 2 aromatic heterocycles. The molecular weight excluding hydrogens is 431 g/mol. The first-order chi connectivity index (χ1) is 15.4. The second kappa shape index (κ2) is 8.98. The minimum Gasteiger partial charge on any atom is -0.368 e. The molecule has 32 heavy (non-hydrogen) atoms. The largest absolute Gasteiger partial charge is 0.368 e. The quantitative estimate of drug-likeness (QED) is 0.325. The number of hydrogen-bond acceptors (Lipinski definition) is 7. The fourth-order valence-corrected chi connectivity index (χ4v) is 3.90. The fraction of sp³-hybridized carbons (Fsp3) is 0.0909. The van der Waals surface area contributed by atoms with Crippen LogP contribution >= 0.6 is 11.3 Å². The number of halogens is 1. The Labute approximate surface area is 186 Å². The average Bonchev–Trinajstić information content (AvgIpc) is 3.23. The molecule has 0 radical (unpaired) electrons. The van der Waals surface area contributed by atoms with Gasteiger partial charge in [0, 0.05) is 12.1 Å². The van der Waals surface area contributed by atoms with Crippen molar-refractivity contribution in [2.45, 2.75) is 12.5 Å². The van der Waals surface area contributed by atoms with Crippen molar-refractivity contribution in [2.75, 3.05) is 10.6 Å². The van der Waals surface area contributed by atoms with Crippen molar-refractivity contribution in [1.29, 1.82) is 0 Å². The van der Waals surface area contributed by atoms with Crippen LogP contribution in [0.3, 0.4) is 0 Å². The molecule has 4 aromatic rings. The number of carbonyl (C=O) groups excluding carboxylic acids is 2. The predicted octanol–water partition coefficient (Wildman–Crippen LogP) is 3.18. The summed E-state index contributed by atoms with van der Waals surface area (Å²) in [5, 5.41) is 5.75. The number of nitrogens with zero attached hydrogens (tertiary/aromatic N) is 2. The third-order valence-electron chi connectivity index (χ3n) is 4.77. The van der Waals surface area contributed by atoms with Crippen LogP contribution in [-0.4, -0.2) is 27.8 Å². The van der Waals surface area contributed by atoms with Crippen LogP contribution in [0.5, 0.6) is 0 Å². The summed E-state index contributed by atoms with van der Waals surface area (Å²) in [6.45, 7) is 0. The number of nitrogens with two attached hydrogens (primary N) is 2. The maximum atomic E-state index is 14.7. The van der Waals surface area contributed by atoms with Gasteiger partial charge in [0.05, 0.1) is 21.3 Å². The molecular formula is C22H19FN6O2S. The molecule has 0 bridgehead atoms. The lowest BCUT2D eigenvalue weighted by Gasteiger charge is -2.18. The number of anilines is 3. The second-order valence-electron chi connectivity index (χ2n) is 7.03. The molecule has 0 fully saturated rings. The van der Waals surface area contributed by atoms with E-state index < -0.39 is 23.7 Å². The first-order valence-corrected chi connectivity index (χ1v) is 10.5. The van der Waals surface area contributed by atoms with E-state index in [-0.39, 0.29) is 23.6 Å². The average molecular weight is 450 g/mol. The zero-order valence-electron chi connectivity index (χ0n) is 16.7. The summed E-state index contributed by atoms with van der Waals surface area (Å²) in [7, 11) is 0. The number of rotatable bonds is 8. The summed E-state index contributed by atoms with van der Waals surface area (Å²) >= 11 is 1.45. The van der Waals surface area contributed by atoms with Crippen LogP contribution in [0.15, 0.2) is 60.1 Å². The monoisotopic (exact) mass is 450 g/mol. The van der Waals surface area contributed by atoms with Crippen molar-refractivity contribution < 1.29 is 14.0 Å². The number of pyridine rings is 1. The van der Waals surface area contributed by atoms with Crippen molar-refractivity contribution >= 4 is 50.7 Å². The number of carbonyl (C=O) groups is 2. The van der Waals surface area contributed by atoms with E-state index in [4.69, 9.17) is 11.5 Å². The van der Waals surface area contributed by atoms with Crippen molar-refractivity contribution in [2.24, 2.45) is 11.5 Å². The molecule has 0 spiro atoms. The van der Waals surface area contributed by atoms with Crippen molar-refractivity contribution in [3.63, 3.8) is 0 Å². The molecule has 2 amide bonds. The van der Waals surface area contributed by atoms with Gasteiger partial charge in [-0.2, -0.15) is 0 Å². The number of thiazole rings is 1. The molecule has 162 valence electrons. The van der Waals surface area contributed by atoms with Gasteiger partial charge in [0.15, 0.2) is 11.6 Å². The van der Waals surface area contributed by atoms with Crippen LogP contribution in [0, 0.1) is 5.82 Å². The molecule has 0 saturated carbocycles. The molecule has 0 saturated heterocycles. The van der Waals surface area contributed by atoms with Gasteiger partial charge in [-0.15, -0.1) is 11.3 Å². The van der Waals surface area contributed by atoms with Gasteiger partial charge in [-0.1, -0.05) is 30.3 Å². The Morgan fingerprint density at radius 3 is 2.56 bits per heavy atom. The van der Waals surface area contributed by atoms with E-state index in [9.17, 15) is 14.0 Å².